The van der Waals surface area contributed by atoms with Gasteiger partial charge in [-0.1, -0.05) is 6.92 Å². The Morgan fingerprint density at radius 1 is 1.47 bits per heavy atom. The van der Waals surface area contributed by atoms with E-state index in [0.717, 1.165) is 6.42 Å². The van der Waals surface area contributed by atoms with Gasteiger partial charge < -0.3 is 10.4 Å². The van der Waals surface area contributed by atoms with Crippen LogP contribution in [-0.4, -0.2) is 54.0 Å². The van der Waals surface area contributed by atoms with Crippen LogP contribution in [0.2, 0.25) is 0 Å². The highest BCUT2D eigenvalue weighted by Crippen LogP contribution is 2.29. The van der Waals surface area contributed by atoms with Crippen LogP contribution < -0.4 is 5.32 Å². The standard InChI is InChI=1S/C11H18N4O3S/c1-8-3-4-15(10(8)7-16)19(17,18)9-5-13-11(12-2)14-6-9/h5-6,8,10,16H,3-4,7H2,1-2H3,(H,12,13,14). The number of rotatable bonds is 4. The summed E-state index contributed by atoms with van der Waals surface area (Å²) >= 11 is 0. The van der Waals surface area contributed by atoms with Gasteiger partial charge in [0.05, 0.1) is 25.0 Å². The normalized spacial score (nSPS) is 24.6. The first kappa shape index (κ1) is 14.2. The number of aliphatic hydroxyl groups is 1. The summed E-state index contributed by atoms with van der Waals surface area (Å²) in [7, 11) is -1.98. The van der Waals surface area contributed by atoms with Gasteiger partial charge in [0.1, 0.15) is 4.90 Å². The fraction of sp³-hybridized carbons (Fsp3) is 0.636. The summed E-state index contributed by atoms with van der Waals surface area (Å²) in [6.07, 6.45) is 3.32. The molecule has 2 atom stereocenters. The van der Waals surface area contributed by atoms with Crippen LogP contribution >= 0.6 is 0 Å². The number of hydrogen-bond donors (Lipinski definition) is 2. The largest absolute Gasteiger partial charge is 0.395 e. The summed E-state index contributed by atoms with van der Waals surface area (Å²) in [6.45, 7) is 2.19. The molecule has 106 valence electrons. The Morgan fingerprint density at radius 2 is 2.11 bits per heavy atom. The molecule has 0 radical (unpaired) electrons. The number of nitrogens with zero attached hydrogens (tertiary/aromatic N) is 3. The number of sulfonamides is 1. The van der Waals surface area contributed by atoms with Crippen LogP contribution in [0.1, 0.15) is 13.3 Å². The maximum absolute atomic E-state index is 12.5. The molecule has 0 aliphatic carbocycles. The highest BCUT2D eigenvalue weighted by molar-refractivity contribution is 7.89. The van der Waals surface area contributed by atoms with E-state index < -0.39 is 10.0 Å². The lowest BCUT2D eigenvalue weighted by atomic mass is 10.0. The number of hydrogen-bond acceptors (Lipinski definition) is 6. The maximum atomic E-state index is 12.5. The minimum absolute atomic E-state index is 0.0547. The first-order valence-electron chi connectivity index (χ1n) is 6.13. The van der Waals surface area contributed by atoms with E-state index >= 15 is 0 Å². The molecule has 1 fully saturated rings. The molecule has 2 rings (SSSR count). The Bertz CT molecular complexity index is 531. The van der Waals surface area contributed by atoms with Gasteiger partial charge in [-0.15, -0.1) is 0 Å². The molecular weight excluding hydrogens is 268 g/mol. The molecule has 0 aromatic carbocycles. The second kappa shape index (κ2) is 5.40. The first-order valence-corrected chi connectivity index (χ1v) is 7.57. The van der Waals surface area contributed by atoms with Crippen molar-refractivity contribution in [2.75, 3.05) is 25.5 Å². The van der Waals surface area contributed by atoms with Crippen molar-refractivity contribution < 1.29 is 13.5 Å². The Hall–Kier alpha value is -1.25. The van der Waals surface area contributed by atoms with E-state index in [9.17, 15) is 13.5 Å². The minimum atomic E-state index is -3.64. The van der Waals surface area contributed by atoms with E-state index in [4.69, 9.17) is 0 Å². The number of aliphatic hydroxyl groups excluding tert-OH is 1. The van der Waals surface area contributed by atoms with Gasteiger partial charge in [0.2, 0.25) is 16.0 Å². The Kier molecular flexibility index (Phi) is 4.02. The molecule has 2 unspecified atom stereocenters. The highest BCUT2D eigenvalue weighted by atomic mass is 32.2. The van der Waals surface area contributed by atoms with Crippen molar-refractivity contribution in [2.45, 2.75) is 24.3 Å². The van der Waals surface area contributed by atoms with Crippen molar-refractivity contribution in [2.24, 2.45) is 5.92 Å². The smallest absolute Gasteiger partial charge is 0.246 e. The van der Waals surface area contributed by atoms with E-state index in [-0.39, 0.29) is 23.5 Å². The van der Waals surface area contributed by atoms with E-state index in [0.29, 0.717) is 12.5 Å². The lowest BCUT2D eigenvalue weighted by molar-refractivity contribution is 0.191. The monoisotopic (exact) mass is 286 g/mol. The van der Waals surface area contributed by atoms with Crippen LogP contribution in [0, 0.1) is 5.92 Å². The molecular formula is C11H18N4O3S. The van der Waals surface area contributed by atoms with Crippen LogP contribution in [0.3, 0.4) is 0 Å². The van der Waals surface area contributed by atoms with Crippen molar-refractivity contribution in [3.63, 3.8) is 0 Å². The van der Waals surface area contributed by atoms with E-state index in [1.807, 2.05) is 6.92 Å². The first-order chi connectivity index (χ1) is 9.00. The number of aromatic nitrogens is 2. The summed E-state index contributed by atoms with van der Waals surface area (Å²) in [5.74, 6) is 0.518. The molecule has 0 amide bonds. The van der Waals surface area contributed by atoms with E-state index in [1.54, 1.807) is 7.05 Å². The van der Waals surface area contributed by atoms with Gasteiger partial charge in [-0.3, -0.25) is 0 Å². The summed E-state index contributed by atoms with van der Waals surface area (Å²) in [5, 5.41) is 12.1. The molecule has 1 aromatic rings. The molecule has 2 N–H and O–H groups in total. The Morgan fingerprint density at radius 3 is 2.63 bits per heavy atom. The van der Waals surface area contributed by atoms with Crippen molar-refractivity contribution in [3.05, 3.63) is 12.4 Å². The predicted octanol–water partition coefficient (Wildman–Crippen LogP) is -0.0903. The predicted molar refractivity (Wildman–Crippen MR) is 70.1 cm³/mol. The third-order valence-corrected chi connectivity index (χ3v) is 5.35. The summed E-state index contributed by atoms with van der Waals surface area (Å²) in [5.41, 5.74) is 0. The SMILES string of the molecule is CNc1ncc(S(=O)(=O)N2CCC(C)C2CO)cn1. The maximum Gasteiger partial charge on any atom is 0.246 e. The Balaban J connectivity index is 2.31. The zero-order chi connectivity index (χ0) is 14.0. The second-order valence-corrected chi connectivity index (χ2v) is 6.51. The lowest BCUT2D eigenvalue weighted by Crippen LogP contribution is -2.39. The van der Waals surface area contributed by atoms with Crippen molar-refractivity contribution in [1.82, 2.24) is 14.3 Å². The molecule has 0 saturated carbocycles. The van der Waals surface area contributed by atoms with Gasteiger partial charge >= 0.3 is 0 Å². The summed E-state index contributed by atoms with van der Waals surface area (Å²) in [6, 6.07) is -0.367. The van der Waals surface area contributed by atoms with Crippen molar-refractivity contribution in [1.29, 1.82) is 0 Å². The molecule has 2 heterocycles. The average molecular weight is 286 g/mol. The van der Waals surface area contributed by atoms with Crippen LogP contribution in [0.25, 0.3) is 0 Å². The van der Waals surface area contributed by atoms with Crippen LogP contribution in [-0.2, 0) is 10.0 Å². The molecule has 1 saturated heterocycles. The third-order valence-electron chi connectivity index (χ3n) is 3.48. The van der Waals surface area contributed by atoms with Gasteiger partial charge in [0.25, 0.3) is 0 Å². The van der Waals surface area contributed by atoms with Gasteiger partial charge in [-0.2, -0.15) is 4.31 Å². The quantitative estimate of drug-likeness (QED) is 0.803. The van der Waals surface area contributed by atoms with Gasteiger partial charge in [-0.05, 0) is 12.3 Å². The summed E-state index contributed by atoms with van der Waals surface area (Å²) in [4.78, 5) is 7.88. The van der Waals surface area contributed by atoms with Gasteiger partial charge in [0, 0.05) is 13.6 Å². The molecule has 0 spiro atoms. The van der Waals surface area contributed by atoms with Crippen LogP contribution in [0.15, 0.2) is 17.3 Å². The second-order valence-electron chi connectivity index (χ2n) is 4.62. The van der Waals surface area contributed by atoms with Crippen molar-refractivity contribution >= 4 is 16.0 Å². The zero-order valence-electron chi connectivity index (χ0n) is 10.9. The van der Waals surface area contributed by atoms with E-state index in [1.165, 1.54) is 16.7 Å². The Labute approximate surface area is 112 Å². The molecule has 0 bridgehead atoms. The van der Waals surface area contributed by atoms with Crippen LogP contribution in [0.4, 0.5) is 5.95 Å². The van der Waals surface area contributed by atoms with Gasteiger partial charge in [-0.25, -0.2) is 18.4 Å². The average Bonchev–Trinajstić information content (AvgIpc) is 2.80. The van der Waals surface area contributed by atoms with E-state index in [2.05, 4.69) is 15.3 Å². The fourth-order valence-electron chi connectivity index (χ4n) is 2.26. The molecule has 1 aromatic heterocycles. The molecule has 7 nitrogen and oxygen atoms in total. The van der Waals surface area contributed by atoms with Crippen molar-refractivity contribution in [3.8, 4) is 0 Å². The lowest BCUT2D eigenvalue weighted by Gasteiger charge is -2.24. The molecule has 1 aliphatic rings. The van der Waals surface area contributed by atoms with Gasteiger partial charge in [0.15, 0.2) is 0 Å². The molecule has 8 heteroatoms. The third kappa shape index (κ3) is 2.56. The van der Waals surface area contributed by atoms with Crippen LogP contribution in [0.5, 0.6) is 0 Å². The minimum Gasteiger partial charge on any atom is -0.395 e. The summed E-state index contributed by atoms with van der Waals surface area (Å²) < 4.78 is 26.3. The molecule has 1 aliphatic heterocycles. The zero-order valence-corrected chi connectivity index (χ0v) is 11.8. The number of nitrogens with one attached hydrogen (secondary N) is 1. The highest BCUT2D eigenvalue weighted by Gasteiger charge is 2.39. The fourth-order valence-corrected chi connectivity index (χ4v) is 3.88. The topological polar surface area (TPSA) is 95.4 Å². The molecule has 19 heavy (non-hydrogen) atoms. The number of anilines is 1.